The summed E-state index contributed by atoms with van der Waals surface area (Å²) in [6.07, 6.45) is 3.56. The van der Waals surface area contributed by atoms with Crippen LogP contribution in [0.4, 0.5) is 8.78 Å². The van der Waals surface area contributed by atoms with Crippen LogP contribution >= 0.6 is 11.3 Å². The summed E-state index contributed by atoms with van der Waals surface area (Å²) in [6.45, 7) is -2.80. The van der Waals surface area contributed by atoms with Crippen LogP contribution in [0.5, 0.6) is 11.5 Å². The predicted molar refractivity (Wildman–Crippen MR) is 120 cm³/mol. The molecule has 4 rings (SSSR count). The average Bonchev–Trinajstić information content (AvgIpc) is 3.49. The van der Waals surface area contributed by atoms with E-state index in [1.807, 2.05) is 36.5 Å². The fourth-order valence-corrected chi connectivity index (χ4v) is 3.98. The van der Waals surface area contributed by atoms with E-state index in [-0.39, 0.29) is 24.0 Å². The second-order valence-electron chi connectivity index (χ2n) is 7.07. The lowest BCUT2D eigenvalue weighted by atomic mass is 10.2. The molecule has 0 saturated carbocycles. The van der Waals surface area contributed by atoms with Crippen molar-refractivity contribution in [1.82, 2.24) is 19.7 Å². The third-order valence-electron chi connectivity index (χ3n) is 4.78. The molecule has 7 nitrogen and oxygen atoms in total. The molecule has 0 aliphatic rings. The molecule has 0 spiro atoms. The normalized spacial score (nSPS) is 10.9. The van der Waals surface area contributed by atoms with Crippen molar-refractivity contribution in [2.24, 2.45) is 0 Å². The zero-order valence-electron chi connectivity index (χ0n) is 17.8. The van der Waals surface area contributed by atoms with Crippen LogP contribution in [0.1, 0.15) is 16.1 Å². The van der Waals surface area contributed by atoms with Gasteiger partial charge in [0.1, 0.15) is 10.7 Å². The third kappa shape index (κ3) is 5.17. The average molecular weight is 471 g/mol. The number of para-hydroxylation sites is 1. The number of benzene rings is 2. The van der Waals surface area contributed by atoms with Crippen molar-refractivity contribution in [1.29, 1.82) is 0 Å². The van der Waals surface area contributed by atoms with Crippen molar-refractivity contribution in [2.75, 3.05) is 14.2 Å². The van der Waals surface area contributed by atoms with Gasteiger partial charge in [-0.3, -0.25) is 4.79 Å². The maximum Gasteiger partial charge on any atom is 0.387 e. The van der Waals surface area contributed by atoms with Crippen LogP contribution in [0.25, 0.3) is 16.3 Å². The predicted octanol–water partition coefficient (Wildman–Crippen LogP) is 4.88. The minimum Gasteiger partial charge on any atom is -0.493 e. The minimum absolute atomic E-state index is 0.0859. The second-order valence-corrected chi connectivity index (χ2v) is 7.93. The van der Waals surface area contributed by atoms with Crippen LogP contribution in [0, 0.1) is 0 Å². The van der Waals surface area contributed by atoms with Crippen LogP contribution in [0.3, 0.4) is 0 Å². The minimum atomic E-state index is -2.98. The van der Waals surface area contributed by atoms with Gasteiger partial charge < -0.3 is 14.4 Å². The van der Waals surface area contributed by atoms with Gasteiger partial charge in [-0.05, 0) is 29.8 Å². The number of hydrogen-bond donors (Lipinski definition) is 0. The Labute approximate surface area is 192 Å². The van der Waals surface area contributed by atoms with Gasteiger partial charge in [0.2, 0.25) is 0 Å². The Balaban J connectivity index is 1.47. The number of hydrogen-bond acceptors (Lipinski definition) is 6. The number of thiazole rings is 1. The number of amides is 1. The van der Waals surface area contributed by atoms with Crippen molar-refractivity contribution in [3.8, 4) is 27.8 Å². The Kier molecular flexibility index (Phi) is 6.64. The monoisotopic (exact) mass is 470 g/mol. The molecule has 0 radical (unpaired) electrons. The van der Waals surface area contributed by atoms with Gasteiger partial charge in [-0.2, -0.15) is 13.9 Å². The summed E-state index contributed by atoms with van der Waals surface area (Å²) in [5.74, 6) is -0.189. The van der Waals surface area contributed by atoms with Crippen molar-refractivity contribution in [3.63, 3.8) is 0 Å². The molecular weight excluding hydrogens is 450 g/mol. The molecule has 1 amide bonds. The molecular formula is C23H20F2N4O3S. The lowest BCUT2D eigenvalue weighted by Gasteiger charge is -2.17. The van der Waals surface area contributed by atoms with Crippen LogP contribution < -0.4 is 9.47 Å². The van der Waals surface area contributed by atoms with E-state index in [2.05, 4.69) is 14.8 Å². The van der Waals surface area contributed by atoms with Gasteiger partial charge in [-0.25, -0.2) is 9.67 Å². The molecule has 0 bridgehead atoms. The van der Waals surface area contributed by atoms with Crippen molar-refractivity contribution < 1.29 is 23.0 Å². The molecule has 33 heavy (non-hydrogen) atoms. The number of nitrogens with zero attached hydrogens (tertiary/aromatic N) is 4. The molecule has 0 fully saturated rings. The number of alkyl halides is 2. The quantitative estimate of drug-likeness (QED) is 0.367. The van der Waals surface area contributed by atoms with Gasteiger partial charge in [-0.1, -0.05) is 24.3 Å². The first kappa shape index (κ1) is 22.4. The largest absolute Gasteiger partial charge is 0.493 e. The van der Waals surface area contributed by atoms with Gasteiger partial charge in [0.25, 0.3) is 5.91 Å². The van der Waals surface area contributed by atoms with Crippen LogP contribution in [0.15, 0.2) is 66.3 Å². The lowest BCUT2D eigenvalue weighted by Crippen LogP contribution is -2.26. The van der Waals surface area contributed by atoms with E-state index in [1.54, 1.807) is 29.4 Å². The molecule has 2 aromatic carbocycles. The number of aromatic nitrogens is 3. The van der Waals surface area contributed by atoms with Gasteiger partial charge in [0.15, 0.2) is 11.5 Å². The number of halogens is 2. The smallest absolute Gasteiger partial charge is 0.387 e. The van der Waals surface area contributed by atoms with E-state index < -0.39 is 6.61 Å². The van der Waals surface area contributed by atoms with Crippen LogP contribution in [-0.4, -0.2) is 46.3 Å². The molecule has 170 valence electrons. The van der Waals surface area contributed by atoms with E-state index in [9.17, 15) is 13.6 Å². The molecule has 0 unspecified atom stereocenters. The Morgan fingerprint density at radius 3 is 2.70 bits per heavy atom. The molecule has 0 atom stereocenters. The number of carbonyl (C=O) groups is 1. The van der Waals surface area contributed by atoms with Gasteiger partial charge in [0.05, 0.1) is 19.0 Å². The molecule has 0 aliphatic heterocycles. The molecule has 10 heteroatoms. The fourth-order valence-electron chi connectivity index (χ4n) is 3.21. The number of rotatable bonds is 8. The number of ether oxygens (including phenoxy) is 2. The summed E-state index contributed by atoms with van der Waals surface area (Å²) in [7, 11) is 2.99. The third-order valence-corrected chi connectivity index (χ3v) is 5.68. The summed E-state index contributed by atoms with van der Waals surface area (Å²) < 4.78 is 36.6. The summed E-state index contributed by atoms with van der Waals surface area (Å²) in [6, 6.07) is 14.3. The fraction of sp³-hybridized carbons (Fsp3) is 0.174. The molecule has 2 aromatic heterocycles. The van der Waals surface area contributed by atoms with Crippen molar-refractivity contribution in [2.45, 2.75) is 13.2 Å². The summed E-state index contributed by atoms with van der Waals surface area (Å²) in [4.78, 5) is 18.8. The van der Waals surface area contributed by atoms with Crippen LogP contribution in [0.2, 0.25) is 0 Å². The Hall–Kier alpha value is -3.79. The molecule has 2 heterocycles. The highest BCUT2D eigenvalue weighted by molar-refractivity contribution is 7.13. The molecule has 0 aliphatic carbocycles. The first-order chi connectivity index (χ1) is 15.9. The van der Waals surface area contributed by atoms with E-state index in [0.29, 0.717) is 16.3 Å². The number of methoxy groups -OCH3 is 1. The number of carbonyl (C=O) groups excluding carboxylic acids is 1. The Bertz CT molecular complexity index is 1240. The van der Waals surface area contributed by atoms with Crippen molar-refractivity contribution >= 4 is 17.2 Å². The second kappa shape index (κ2) is 9.78. The molecule has 4 aromatic rings. The van der Waals surface area contributed by atoms with E-state index in [1.165, 1.54) is 35.5 Å². The zero-order chi connectivity index (χ0) is 23.4. The highest BCUT2D eigenvalue weighted by Crippen LogP contribution is 2.30. The SMILES string of the molecule is COc1ccc(CN(C)C(=O)c2csc(-c3cnn(-c4ccccc4)c3)n2)cc1OC(F)F. The lowest BCUT2D eigenvalue weighted by molar-refractivity contribution is -0.0512. The standard InChI is InChI=1S/C23H20F2N4O3S/c1-28(12-15-8-9-19(31-2)20(10-15)32-23(24)25)22(30)18-14-33-21(27-18)16-11-26-29(13-16)17-6-4-3-5-7-17/h3-11,13-14,23H,12H2,1-2H3. The van der Waals surface area contributed by atoms with Gasteiger partial charge >= 0.3 is 6.61 Å². The maximum atomic E-state index is 12.9. The Morgan fingerprint density at radius 1 is 1.18 bits per heavy atom. The Morgan fingerprint density at radius 2 is 1.97 bits per heavy atom. The van der Waals surface area contributed by atoms with Crippen molar-refractivity contribution in [3.05, 3.63) is 77.6 Å². The van der Waals surface area contributed by atoms with Gasteiger partial charge in [-0.15, -0.1) is 11.3 Å². The maximum absolute atomic E-state index is 12.9. The zero-order valence-corrected chi connectivity index (χ0v) is 18.6. The summed E-state index contributed by atoms with van der Waals surface area (Å²) in [5.41, 5.74) is 2.63. The first-order valence-electron chi connectivity index (χ1n) is 9.88. The topological polar surface area (TPSA) is 69.5 Å². The van der Waals surface area contributed by atoms with Crippen LogP contribution in [-0.2, 0) is 6.54 Å². The van der Waals surface area contributed by atoms with E-state index in [0.717, 1.165) is 11.3 Å². The van der Waals surface area contributed by atoms with E-state index >= 15 is 0 Å². The summed E-state index contributed by atoms with van der Waals surface area (Å²) in [5, 5.41) is 6.72. The first-order valence-corrected chi connectivity index (χ1v) is 10.8. The summed E-state index contributed by atoms with van der Waals surface area (Å²) >= 11 is 1.35. The highest BCUT2D eigenvalue weighted by Gasteiger charge is 2.18. The molecule has 0 N–H and O–H groups in total. The van der Waals surface area contributed by atoms with Gasteiger partial charge in [0, 0.05) is 30.7 Å². The highest BCUT2D eigenvalue weighted by atomic mass is 32.1. The molecule has 0 saturated heterocycles. The van der Waals surface area contributed by atoms with E-state index in [4.69, 9.17) is 4.74 Å².